The number of rotatable bonds is 12. The summed E-state index contributed by atoms with van der Waals surface area (Å²) < 4.78 is 5.43. The SMILES string of the molecule is Cc1cc(C)c(CNC(=O)c2cc(/C(C=N)=C/NCCN3CCOCC3)cc(NC3CCN(C(=O)C(C)(C)C)CC3)c2C=N)c(=O)[nH]1. The predicted molar refractivity (Wildman–Crippen MR) is 187 cm³/mol. The van der Waals surface area contributed by atoms with E-state index in [2.05, 4.69) is 25.8 Å². The van der Waals surface area contributed by atoms with Gasteiger partial charge >= 0.3 is 0 Å². The molecule has 2 amide bonds. The van der Waals surface area contributed by atoms with Gasteiger partial charge in [0.2, 0.25) is 5.91 Å². The molecule has 0 bridgehead atoms. The number of H-pyrrole nitrogens is 1. The van der Waals surface area contributed by atoms with Crippen LogP contribution in [-0.4, -0.2) is 97.6 Å². The van der Waals surface area contributed by atoms with Crippen molar-refractivity contribution in [3.8, 4) is 0 Å². The molecule has 2 aliphatic heterocycles. The Morgan fingerprint density at radius 3 is 2.38 bits per heavy atom. The number of nitrogens with zero attached hydrogens (tertiary/aromatic N) is 2. The summed E-state index contributed by atoms with van der Waals surface area (Å²) in [6.07, 6.45) is 5.63. The van der Waals surface area contributed by atoms with E-state index in [1.54, 1.807) is 12.3 Å². The monoisotopic (exact) mass is 646 g/mol. The summed E-state index contributed by atoms with van der Waals surface area (Å²) in [7, 11) is 0. The first-order valence-electron chi connectivity index (χ1n) is 16.4. The molecule has 0 unspecified atom stereocenters. The molecule has 2 saturated heterocycles. The zero-order valence-electron chi connectivity index (χ0n) is 28.3. The molecule has 12 nitrogen and oxygen atoms in total. The first kappa shape index (κ1) is 35.6. The van der Waals surface area contributed by atoms with Crippen molar-refractivity contribution >= 4 is 35.5 Å². The normalized spacial score (nSPS) is 16.4. The molecule has 0 aliphatic carbocycles. The standard InChI is InChI=1S/C35H50N8O4/c1-23-16-24(2)40-33(45)30(23)22-39-32(44)28-17-25(26(19-36)21-38-8-11-42-12-14-47-15-13-42)18-31(29(28)20-37)41-27-6-9-43(10-7-27)34(46)35(3,4)5/h16-21,27,36-38,41H,6-15,22H2,1-5H3,(H,39,44)(H,40,45)/b26-21+,36-19?,37-20?. The summed E-state index contributed by atoms with van der Waals surface area (Å²) in [5, 5.41) is 26.3. The van der Waals surface area contributed by atoms with E-state index in [9.17, 15) is 14.4 Å². The summed E-state index contributed by atoms with van der Waals surface area (Å²) in [6, 6.07) is 5.45. The number of anilines is 1. The van der Waals surface area contributed by atoms with Crippen LogP contribution in [0.3, 0.4) is 0 Å². The summed E-state index contributed by atoms with van der Waals surface area (Å²) in [6.45, 7) is 15.4. The summed E-state index contributed by atoms with van der Waals surface area (Å²) in [5.74, 6) is -0.301. The predicted octanol–water partition coefficient (Wildman–Crippen LogP) is 3.28. The van der Waals surface area contributed by atoms with Gasteiger partial charge in [0.1, 0.15) is 0 Å². The number of hydrogen-bond acceptors (Lipinski definition) is 9. The maximum atomic E-state index is 13.7. The van der Waals surface area contributed by atoms with E-state index in [-0.39, 0.29) is 29.6 Å². The van der Waals surface area contributed by atoms with Crippen molar-refractivity contribution in [3.05, 3.63) is 68.3 Å². The maximum Gasteiger partial charge on any atom is 0.253 e. The van der Waals surface area contributed by atoms with Gasteiger partial charge in [-0.25, -0.2) is 0 Å². The molecule has 0 saturated carbocycles. The smallest absolute Gasteiger partial charge is 0.253 e. The lowest BCUT2D eigenvalue weighted by molar-refractivity contribution is -0.140. The van der Waals surface area contributed by atoms with Crippen LogP contribution in [0.15, 0.2) is 29.2 Å². The van der Waals surface area contributed by atoms with E-state index in [0.29, 0.717) is 47.6 Å². The summed E-state index contributed by atoms with van der Waals surface area (Å²) in [4.78, 5) is 46.2. The number of aromatic amines is 1. The third kappa shape index (κ3) is 9.39. The molecule has 2 fully saturated rings. The van der Waals surface area contributed by atoms with Gasteiger partial charge in [-0.05, 0) is 56.0 Å². The van der Waals surface area contributed by atoms with E-state index in [0.717, 1.165) is 63.2 Å². The molecule has 4 rings (SSSR count). The van der Waals surface area contributed by atoms with E-state index >= 15 is 0 Å². The Morgan fingerprint density at radius 1 is 1.06 bits per heavy atom. The van der Waals surface area contributed by atoms with Crippen LogP contribution in [0.1, 0.15) is 71.9 Å². The van der Waals surface area contributed by atoms with Crippen LogP contribution in [0.5, 0.6) is 0 Å². The molecule has 47 heavy (non-hydrogen) atoms. The van der Waals surface area contributed by atoms with Crippen LogP contribution in [0.25, 0.3) is 5.57 Å². The average molecular weight is 647 g/mol. The second-order valence-electron chi connectivity index (χ2n) is 13.4. The van der Waals surface area contributed by atoms with Crippen molar-refractivity contribution in [1.29, 1.82) is 10.8 Å². The fourth-order valence-corrected chi connectivity index (χ4v) is 6.01. The third-order valence-corrected chi connectivity index (χ3v) is 8.69. The molecule has 1 aromatic heterocycles. The van der Waals surface area contributed by atoms with Crippen LogP contribution in [0.2, 0.25) is 0 Å². The number of amides is 2. The van der Waals surface area contributed by atoms with Crippen molar-refractivity contribution in [1.82, 2.24) is 25.4 Å². The Kier molecular flexibility index (Phi) is 12.1. The molecule has 0 atom stereocenters. The van der Waals surface area contributed by atoms with Crippen molar-refractivity contribution in [2.75, 3.05) is 57.8 Å². The minimum Gasteiger partial charge on any atom is -0.389 e. The number of hydrogen-bond donors (Lipinski definition) is 6. The lowest BCUT2D eigenvalue weighted by Gasteiger charge is -2.36. The Balaban J connectivity index is 1.59. The first-order chi connectivity index (χ1) is 22.4. The maximum absolute atomic E-state index is 13.7. The zero-order chi connectivity index (χ0) is 34.1. The minimum absolute atomic E-state index is 0.0247. The molecule has 2 aromatic rings. The molecular weight excluding hydrogens is 596 g/mol. The Morgan fingerprint density at radius 2 is 1.77 bits per heavy atom. The molecule has 1 aromatic carbocycles. The van der Waals surface area contributed by atoms with Crippen LogP contribution in [0, 0.1) is 30.1 Å². The molecule has 3 heterocycles. The van der Waals surface area contributed by atoms with Crippen LogP contribution in [-0.2, 0) is 16.1 Å². The number of piperidine rings is 1. The number of allylic oxidation sites excluding steroid dienone is 1. The fourth-order valence-electron chi connectivity index (χ4n) is 6.01. The summed E-state index contributed by atoms with van der Waals surface area (Å²) >= 11 is 0. The van der Waals surface area contributed by atoms with Gasteiger partial charge in [-0.1, -0.05) is 20.8 Å². The van der Waals surface area contributed by atoms with E-state index < -0.39 is 11.3 Å². The summed E-state index contributed by atoms with van der Waals surface area (Å²) in [5.41, 5.74) is 3.81. The van der Waals surface area contributed by atoms with E-state index in [1.807, 2.05) is 51.7 Å². The van der Waals surface area contributed by atoms with Gasteiger partial charge in [0, 0.05) is 104 Å². The van der Waals surface area contributed by atoms with Crippen LogP contribution < -0.4 is 21.5 Å². The first-order valence-corrected chi connectivity index (χ1v) is 16.4. The highest BCUT2D eigenvalue weighted by molar-refractivity contribution is 6.12. The lowest BCUT2D eigenvalue weighted by Crippen LogP contribution is -2.46. The van der Waals surface area contributed by atoms with Crippen LogP contribution >= 0.6 is 0 Å². The molecule has 2 aliphatic rings. The van der Waals surface area contributed by atoms with Gasteiger partial charge in [-0.2, -0.15) is 0 Å². The van der Waals surface area contributed by atoms with Crippen molar-refractivity contribution in [2.24, 2.45) is 5.41 Å². The molecule has 12 heteroatoms. The van der Waals surface area contributed by atoms with Gasteiger partial charge in [-0.15, -0.1) is 0 Å². The van der Waals surface area contributed by atoms with E-state index in [1.165, 1.54) is 6.21 Å². The quantitative estimate of drug-likeness (QED) is 0.152. The van der Waals surface area contributed by atoms with Gasteiger partial charge in [0.25, 0.3) is 11.5 Å². The van der Waals surface area contributed by atoms with Crippen LogP contribution in [0.4, 0.5) is 5.69 Å². The second kappa shape index (κ2) is 16.0. The number of benzene rings is 1. The van der Waals surface area contributed by atoms with E-state index in [4.69, 9.17) is 15.6 Å². The number of carbonyl (C=O) groups excluding carboxylic acids is 2. The highest BCUT2D eigenvalue weighted by Gasteiger charge is 2.31. The number of carbonyl (C=O) groups is 2. The van der Waals surface area contributed by atoms with Gasteiger partial charge in [0.15, 0.2) is 0 Å². The topological polar surface area (TPSA) is 166 Å². The Hall–Kier alpha value is -4.29. The molecular formula is C35H50N8O4. The minimum atomic E-state index is -0.446. The fraction of sp³-hybridized carbons (Fsp3) is 0.514. The molecule has 0 radical (unpaired) electrons. The highest BCUT2D eigenvalue weighted by atomic mass is 16.5. The highest BCUT2D eigenvalue weighted by Crippen LogP contribution is 2.28. The Bertz CT molecular complexity index is 1540. The average Bonchev–Trinajstić information content (AvgIpc) is 3.04. The number of aryl methyl sites for hydroxylation is 2. The second-order valence-corrected chi connectivity index (χ2v) is 13.4. The zero-order valence-corrected chi connectivity index (χ0v) is 28.3. The van der Waals surface area contributed by atoms with Crippen molar-refractivity contribution in [2.45, 2.75) is 60.0 Å². The number of aromatic nitrogens is 1. The van der Waals surface area contributed by atoms with Gasteiger partial charge < -0.3 is 41.4 Å². The molecule has 6 N–H and O–H groups in total. The van der Waals surface area contributed by atoms with Gasteiger partial charge in [-0.3, -0.25) is 19.3 Å². The van der Waals surface area contributed by atoms with Gasteiger partial charge in [0.05, 0.1) is 18.8 Å². The third-order valence-electron chi connectivity index (χ3n) is 8.69. The Labute approximate surface area is 277 Å². The number of ether oxygens (including phenoxy) is 1. The largest absolute Gasteiger partial charge is 0.389 e. The van der Waals surface area contributed by atoms with Crippen molar-refractivity contribution < 1.29 is 14.3 Å². The number of likely N-dealkylation sites (tertiary alicyclic amines) is 1. The molecule has 254 valence electrons. The van der Waals surface area contributed by atoms with Crippen molar-refractivity contribution in [3.63, 3.8) is 0 Å². The lowest BCUT2D eigenvalue weighted by atomic mass is 9.92. The number of nitrogens with one attached hydrogen (secondary N) is 6. The number of morpholine rings is 1. The molecule has 0 spiro atoms. The number of pyridine rings is 1.